The first-order valence-electron chi connectivity index (χ1n) is 11.3. The van der Waals surface area contributed by atoms with Gasteiger partial charge in [0, 0.05) is 6.42 Å². The number of aliphatic hydroxyl groups excluding tert-OH is 1. The zero-order valence-corrected chi connectivity index (χ0v) is 18.9. The monoisotopic (exact) mass is 432 g/mol. The molecule has 0 amide bonds. The van der Waals surface area contributed by atoms with Crippen molar-refractivity contribution >= 4 is 24.0 Å². The van der Waals surface area contributed by atoms with E-state index in [4.69, 9.17) is 5.11 Å². The summed E-state index contributed by atoms with van der Waals surface area (Å²) in [5, 5.41) is 19.1. The predicted octanol–water partition coefficient (Wildman–Crippen LogP) is 6.08. The van der Waals surface area contributed by atoms with Crippen LogP contribution in [0.2, 0.25) is 0 Å². The normalized spacial score (nSPS) is 18.1. The molecule has 2 rings (SSSR count). The fourth-order valence-corrected chi connectivity index (χ4v) is 5.12. The molecule has 2 unspecified atom stereocenters. The van der Waals surface area contributed by atoms with Crippen molar-refractivity contribution in [2.24, 2.45) is 5.92 Å². The van der Waals surface area contributed by atoms with Crippen molar-refractivity contribution in [3.63, 3.8) is 0 Å². The minimum absolute atomic E-state index is 0.318. The first-order valence-corrected chi connectivity index (χ1v) is 12.2. The fraction of sp³-hybridized carbons (Fsp3) is 0.600. The number of aliphatic hydroxyl groups is 1. The molecule has 3 atom stereocenters. The molecule has 1 aromatic rings. The summed E-state index contributed by atoms with van der Waals surface area (Å²) >= 11 is 1.49. The number of unbranched alkanes of at least 4 members (excludes halogenated alkanes) is 2. The molecule has 0 fully saturated rings. The lowest BCUT2D eigenvalue weighted by atomic mass is 9.89. The summed E-state index contributed by atoms with van der Waals surface area (Å²) in [6.07, 6.45) is 12.8. The molecular weight excluding hydrogens is 396 g/mol. The predicted molar refractivity (Wildman–Crippen MR) is 124 cm³/mol. The van der Waals surface area contributed by atoms with Crippen molar-refractivity contribution in [2.75, 3.05) is 0 Å². The van der Waals surface area contributed by atoms with E-state index < -0.39 is 5.97 Å². The summed E-state index contributed by atoms with van der Waals surface area (Å²) in [7, 11) is 0. The van der Waals surface area contributed by atoms with Gasteiger partial charge in [-0.25, -0.2) is 0 Å². The van der Waals surface area contributed by atoms with Gasteiger partial charge < -0.3 is 15.0 Å². The molecular formula is C25H36O4S. The Hall–Kier alpha value is -1.59. The quantitative estimate of drug-likeness (QED) is 0.259. The Morgan fingerprint density at radius 2 is 1.93 bits per heavy atom. The molecule has 0 saturated heterocycles. The zero-order chi connectivity index (χ0) is 21.8. The smallest absolute Gasteiger partial charge is 0.317 e. The number of carbonyl (C=O) groups excluding carboxylic acids is 1. The molecule has 1 aliphatic rings. The van der Waals surface area contributed by atoms with Gasteiger partial charge in [-0.05, 0) is 66.9 Å². The van der Waals surface area contributed by atoms with Crippen molar-refractivity contribution < 1.29 is 19.8 Å². The maximum Gasteiger partial charge on any atom is 0.317 e. The van der Waals surface area contributed by atoms with Crippen molar-refractivity contribution in [3.05, 3.63) is 46.4 Å². The fourth-order valence-electron chi connectivity index (χ4n) is 4.01. The molecule has 0 saturated carbocycles. The third kappa shape index (κ3) is 8.65. The van der Waals surface area contributed by atoms with Crippen LogP contribution in [0.4, 0.5) is 0 Å². The largest absolute Gasteiger partial charge is 0.480 e. The lowest BCUT2D eigenvalue weighted by Gasteiger charge is -2.17. The van der Waals surface area contributed by atoms with Gasteiger partial charge in [-0.15, -0.1) is 11.8 Å². The van der Waals surface area contributed by atoms with E-state index in [1.165, 1.54) is 22.2 Å². The van der Waals surface area contributed by atoms with E-state index in [-0.39, 0.29) is 11.4 Å². The van der Waals surface area contributed by atoms with Crippen molar-refractivity contribution in [3.8, 4) is 0 Å². The number of hydrogen-bond donors (Lipinski definition) is 2. The van der Waals surface area contributed by atoms with E-state index in [9.17, 15) is 14.7 Å². The summed E-state index contributed by atoms with van der Waals surface area (Å²) in [5.74, 6) is -0.285. The average molecular weight is 433 g/mol. The number of allylic oxidation sites excluding steroid dienone is 2. The number of thioether (sulfide) groups is 1. The van der Waals surface area contributed by atoms with Gasteiger partial charge in [-0.3, -0.25) is 4.79 Å². The van der Waals surface area contributed by atoms with E-state index in [1.54, 1.807) is 0 Å². The van der Waals surface area contributed by atoms with Crippen LogP contribution < -0.4 is 0 Å². The van der Waals surface area contributed by atoms with E-state index in [0.29, 0.717) is 18.8 Å². The molecule has 0 spiro atoms. The minimum Gasteiger partial charge on any atom is -0.480 e. The molecule has 30 heavy (non-hydrogen) atoms. The average Bonchev–Trinajstić information content (AvgIpc) is 3.22. The number of benzene rings is 1. The van der Waals surface area contributed by atoms with Gasteiger partial charge in [0.1, 0.15) is 11.5 Å². The highest BCUT2D eigenvalue weighted by Gasteiger charge is 2.24. The van der Waals surface area contributed by atoms with Crippen LogP contribution in [0.1, 0.15) is 88.4 Å². The number of carboxylic acid groups (broad SMARTS) is 1. The Morgan fingerprint density at radius 3 is 2.57 bits per heavy atom. The van der Waals surface area contributed by atoms with Gasteiger partial charge in [0.2, 0.25) is 0 Å². The van der Waals surface area contributed by atoms with Crippen LogP contribution in [0.5, 0.6) is 0 Å². The van der Waals surface area contributed by atoms with E-state index in [0.717, 1.165) is 69.6 Å². The second kappa shape index (κ2) is 13.7. The van der Waals surface area contributed by atoms with Crippen LogP contribution in [-0.2, 0) is 16.0 Å². The summed E-state index contributed by atoms with van der Waals surface area (Å²) < 4.78 is 0. The minimum atomic E-state index is -0.728. The Bertz CT molecular complexity index is 683. The maximum atomic E-state index is 11.1. The van der Waals surface area contributed by atoms with Crippen LogP contribution in [0.15, 0.2) is 35.2 Å². The Morgan fingerprint density at radius 1 is 1.17 bits per heavy atom. The van der Waals surface area contributed by atoms with Crippen LogP contribution in [0.25, 0.3) is 0 Å². The second-order valence-electron chi connectivity index (χ2n) is 8.31. The van der Waals surface area contributed by atoms with Gasteiger partial charge in [-0.2, -0.15) is 0 Å². The number of carboxylic acids is 1. The maximum absolute atomic E-state index is 11.1. The van der Waals surface area contributed by atoms with Crippen LogP contribution >= 0.6 is 11.8 Å². The number of aldehydes is 1. The summed E-state index contributed by atoms with van der Waals surface area (Å²) in [4.78, 5) is 23.1. The highest BCUT2D eigenvalue weighted by atomic mass is 32.2. The number of rotatable bonds is 15. The molecule has 0 aliphatic carbocycles. The van der Waals surface area contributed by atoms with Crippen molar-refractivity contribution in [1.82, 2.24) is 0 Å². The molecule has 0 bridgehead atoms. The van der Waals surface area contributed by atoms with E-state index in [1.807, 2.05) is 12.1 Å². The molecule has 2 N–H and O–H groups in total. The highest BCUT2D eigenvalue weighted by molar-refractivity contribution is 8.04. The van der Waals surface area contributed by atoms with Crippen molar-refractivity contribution in [2.45, 2.75) is 88.9 Å². The summed E-state index contributed by atoms with van der Waals surface area (Å²) in [6.45, 7) is 2.17. The lowest BCUT2D eigenvalue weighted by molar-refractivity contribution is -0.136. The summed E-state index contributed by atoms with van der Waals surface area (Å²) in [5.41, 5.74) is 2.23. The molecule has 0 radical (unpaired) electrons. The molecule has 1 heterocycles. The first kappa shape index (κ1) is 24.7. The van der Waals surface area contributed by atoms with Gasteiger partial charge >= 0.3 is 5.97 Å². The standard InChI is InChI=1S/C25H36O4S/c1-2-3-4-10-23(27)21-13-11-20(12-14-21)18-19(8-6-17-26)7-5-9-22-15-16-24(30-22)25(28)29/h11-15,17,19,23-24,27H,2-10,16,18H2,1H3,(H,28,29)/t19-,23?,24?/m0/s1. The van der Waals surface area contributed by atoms with Crippen molar-refractivity contribution in [1.29, 1.82) is 0 Å². The van der Waals surface area contributed by atoms with Crippen LogP contribution in [0, 0.1) is 5.92 Å². The number of hydrogen-bond acceptors (Lipinski definition) is 4. The zero-order valence-electron chi connectivity index (χ0n) is 18.1. The molecule has 4 nitrogen and oxygen atoms in total. The third-order valence-corrected chi connectivity index (χ3v) is 7.18. The molecule has 166 valence electrons. The van der Waals surface area contributed by atoms with Crippen LogP contribution in [-0.4, -0.2) is 27.7 Å². The highest BCUT2D eigenvalue weighted by Crippen LogP contribution is 2.36. The van der Waals surface area contributed by atoms with Gasteiger partial charge in [-0.1, -0.05) is 56.5 Å². The van der Waals surface area contributed by atoms with Crippen LogP contribution in [0.3, 0.4) is 0 Å². The third-order valence-electron chi connectivity index (χ3n) is 5.83. The Kier molecular flexibility index (Phi) is 11.2. The number of carbonyl (C=O) groups is 2. The second-order valence-corrected chi connectivity index (χ2v) is 9.64. The molecule has 0 aromatic heterocycles. The van der Waals surface area contributed by atoms with E-state index >= 15 is 0 Å². The first-order chi connectivity index (χ1) is 14.5. The van der Waals surface area contributed by atoms with E-state index in [2.05, 4.69) is 25.1 Å². The summed E-state index contributed by atoms with van der Waals surface area (Å²) in [6, 6.07) is 8.29. The van der Waals surface area contributed by atoms with Gasteiger partial charge in [0.15, 0.2) is 0 Å². The Labute approximate surface area is 185 Å². The molecule has 1 aromatic carbocycles. The Balaban J connectivity index is 1.82. The number of aliphatic carboxylic acids is 1. The van der Waals surface area contributed by atoms with Gasteiger partial charge in [0.05, 0.1) is 6.10 Å². The lowest BCUT2D eigenvalue weighted by Crippen LogP contribution is -2.12. The van der Waals surface area contributed by atoms with Gasteiger partial charge in [0.25, 0.3) is 0 Å². The molecule has 1 aliphatic heterocycles. The SMILES string of the molecule is CCCCCC(O)c1ccc(C[C@H](CCC=O)CCCC2=CCC(C(=O)O)S2)cc1. The topological polar surface area (TPSA) is 74.6 Å². The molecule has 5 heteroatoms.